The second-order valence-electron chi connectivity index (χ2n) is 6.48. The Morgan fingerprint density at radius 2 is 2.14 bits per heavy atom. The number of hydrogen-bond acceptors (Lipinski definition) is 3. The fourth-order valence-electron chi connectivity index (χ4n) is 3.55. The van der Waals surface area contributed by atoms with Crippen molar-refractivity contribution in [2.24, 2.45) is 18.7 Å². The van der Waals surface area contributed by atoms with Crippen molar-refractivity contribution in [1.82, 2.24) is 14.7 Å². The highest BCUT2D eigenvalue weighted by Gasteiger charge is 2.33. The molecule has 118 valence electrons. The van der Waals surface area contributed by atoms with Crippen molar-refractivity contribution in [3.8, 4) is 0 Å². The number of piperidine rings is 1. The Bertz CT molecular complexity index is 523. The standard InChI is InChI=1S/C16H28N4O/c1-10-6-7-20(14(8-10)9-17)16(21)11(2)15-12(3)18-19(5)13(15)4/h10-11,14H,6-9,17H2,1-5H3. The van der Waals surface area contributed by atoms with E-state index in [0.29, 0.717) is 12.5 Å². The highest BCUT2D eigenvalue weighted by Crippen LogP contribution is 2.29. The third-order valence-electron chi connectivity index (χ3n) is 4.90. The molecule has 1 aromatic rings. The average Bonchev–Trinajstić information content (AvgIpc) is 2.70. The van der Waals surface area contributed by atoms with Gasteiger partial charge in [-0.1, -0.05) is 6.92 Å². The van der Waals surface area contributed by atoms with Crippen molar-refractivity contribution in [2.75, 3.05) is 13.1 Å². The summed E-state index contributed by atoms with van der Waals surface area (Å²) in [6, 6.07) is 0.181. The van der Waals surface area contributed by atoms with Crippen LogP contribution in [0.5, 0.6) is 0 Å². The van der Waals surface area contributed by atoms with Crippen LogP contribution in [-0.2, 0) is 11.8 Å². The lowest BCUT2D eigenvalue weighted by Crippen LogP contribution is -2.50. The van der Waals surface area contributed by atoms with Crippen molar-refractivity contribution in [3.05, 3.63) is 17.0 Å². The average molecular weight is 292 g/mol. The zero-order chi connectivity index (χ0) is 15.7. The summed E-state index contributed by atoms with van der Waals surface area (Å²) in [6.45, 7) is 9.61. The van der Waals surface area contributed by atoms with Gasteiger partial charge >= 0.3 is 0 Å². The second kappa shape index (κ2) is 6.18. The van der Waals surface area contributed by atoms with Gasteiger partial charge in [-0.3, -0.25) is 9.48 Å². The van der Waals surface area contributed by atoms with Crippen LogP contribution >= 0.6 is 0 Å². The summed E-state index contributed by atoms with van der Waals surface area (Å²) in [5, 5.41) is 4.43. The van der Waals surface area contributed by atoms with Crippen molar-refractivity contribution in [2.45, 2.75) is 52.5 Å². The number of nitrogens with two attached hydrogens (primary N) is 1. The topological polar surface area (TPSA) is 64.2 Å². The Balaban J connectivity index is 2.22. The molecule has 1 saturated heterocycles. The molecule has 1 aromatic heterocycles. The number of likely N-dealkylation sites (tertiary alicyclic amines) is 1. The summed E-state index contributed by atoms with van der Waals surface area (Å²) in [7, 11) is 1.92. The molecule has 2 heterocycles. The molecule has 21 heavy (non-hydrogen) atoms. The highest BCUT2D eigenvalue weighted by atomic mass is 16.2. The number of aryl methyl sites for hydroxylation is 2. The van der Waals surface area contributed by atoms with Gasteiger partial charge in [0.05, 0.1) is 11.6 Å². The van der Waals surface area contributed by atoms with Gasteiger partial charge in [-0.25, -0.2) is 0 Å². The maximum atomic E-state index is 12.9. The Labute approximate surface area is 127 Å². The Hall–Kier alpha value is -1.36. The molecule has 3 unspecified atom stereocenters. The van der Waals surface area contributed by atoms with E-state index in [9.17, 15) is 4.79 Å². The van der Waals surface area contributed by atoms with Crippen molar-refractivity contribution in [1.29, 1.82) is 0 Å². The molecule has 0 saturated carbocycles. The van der Waals surface area contributed by atoms with E-state index in [1.165, 1.54) is 0 Å². The van der Waals surface area contributed by atoms with Gasteiger partial charge < -0.3 is 10.6 Å². The van der Waals surface area contributed by atoms with Gasteiger partial charge in [0.1, 0.15) is 0 Å². The quantitative estimate of drug-likeness (QED) is 0.922. The molecule has 1 aliphatic heterocycles. The predicted octanol–water partition coefficient (Wildman–Crippen LogP) is 1.73. The first-order chi connectivity index (χ1) is 9.86. The van der Waals surface area contributed by atoms with Crippen LogP contribution in [0.2, 0.25) is 0 Å². The lowest BCUT2D eigenvalue weighted by Gasteiger charge is -2.39. The van der Waals surface area contributed by atoms with E-state index >= 15 is 0 Å². The smallest absolute Gasteiger partial charge is 0.230 e. The molecule has 0 spiro atoms. The fraction of sp³-hybridized carbons (Fsp3) is 0.750. The highest BCUT2D eigenvalue weighted by molar-refractivity contribution is 5.84. The molecule has 1 aliphatic rings. The number of aromatic nitrogens is 2. The summed E-state index contributed by atoms with van der Waals surface area (Å²) in [5.41, 5.74) is 8.97. The van der Waals surface area contributed by atoms with Crippen LogP contribution < -0.4 is 5.73 Å². The van der Waals surface area contributed by atoms with Gasteiger partial charge in [-0.2, -0.15) is 5.10 Å². The van der Waals surface area contributed by atoms with Crippen molar-refractivity contribution < 1.29 is 4.79 Å². The molecular formula is C16H28N4O. The Morgan fingerprint density at radius 3 is 2.67 bits per heavy atom. The molecule has 2 rings (SSSR count). The largest absolute Gasteiger partial charge is 0.338 e. The van der Waals surface area contributed by atoms with Gasteiger partial charge in [-0.15, -0.1) is 0 Å². The molecule has 1 fully saturated rings. The van der Waals surface area contributed by atoms with Gasteiger partial charge in [0, 0.05) is 37.4 Å². The van der Waals surface area contributed by atoms with Crippen molar-refractivity contribution in [3.63, 3.8) is 0 Å². The van der Waals surface area contributed by atoms with Crippen LogP contribution in [0.3, 0.4) is 0 Å². The van der Waals surface area contributed by atoms with E-state index in [1.54, 1.807) is 0 Å². The molecule has 0 radical (unpaired) electrons. The fourth-order valence-corrected chi connectivity index (χ4v) is 3.55. The number of nitrogens with zero attached hydrogens (tertiary/aromatic N) is 3. The molecule has 5 heteroatoms. The lowest BCUT2D eigenvalue weighted by atomic mass is 9.90. The molecule has 2 N–H and O–H groups in total. The first-order valence-electron chi connectivity index (χ1n) is 7.87. The summed E-state index contributed by atoms with van der Waals surface area (Å²) < 4.78 is 1.85. The maximum absolute atomic E-state index is 12.9. The van der Waals surface area contributed by atoms with E-state index in [-0.39, 0.29) is 17.9 Å². The van der Waals surface area contributed by atoms with Crippen LogP contribution in [0.15, 0.2) is 0 Å². The first-order valence-corrected chi connectivity index (χ1v) is 7.87. The molecule has 5 nitrogen and oxygen atoms in total. The molecule has 1 amide bonds. The molecule has 0 aliphatic carbocycles. The van der Waals surface area contributed by atoms with Crippen LogP contribution in [0.1, 0.15) is 49.6 Å². The zero-order valence-corrected chi connectivity index (χ0v) is 13.9. The number of carbonyl (C=O) groups excluding carboxylic acids is 1. The monoisotopic (exact) mass is 292 g/mol. The van der Waals surface area contributed by atoms with Crippen LogP contribution in [0.25, 0.3) is 0 Å². The van der Waals surface area contributed by atoms with Gasteiger partial charge in [0.2, 0.25) is 5.91 Å². The summed E-state index contributed by atoms with van der Waals surface area (Å²) in [4.78, 5) is 14.9. The number of amides is 1. The second-order valence-corrected chi connectivity index (χ2v) is 6.48. The van der Waals surface area contributed by atoms with Gasteiger partial charge in [0.25, 0.3) is 0 Å². The van der Waals surface area contributed by atoms with E-state index in [1.807, 2.05) is 37.4 Å². The molecule has 0 aromatic carbocycles. The SMILES string of the molecule is Cc1nn(C)c(C)c1C(C)C(=O)N1CCC(C)CC1CN. The van der Waals surface area contributed by atoms with E-state index < -0.39 is 0 Å². The zero-order valence-electron chi connectivity index (χ0n) is 13.9. The maximum Gasteiger partial charge on any atom is 0.230 e. The van der Waals surface area contributed by atoms with Crippen molar-refractivity contribution >= 4 is 5.91 Å². The summed E-state index contributed by atoms with van der Waals surface area (Å²) in [6.07, 6.45) is 2.08. The molecular weight excluding hydrogens is 264 g/mol. The minimum Gasteiger partial charge on any atom is -0.338 e. The lowest BCUT2D eigenvalue weighted by molar-refractivity contribution is -0.136. The minimum atomic E-state index is -0.152. The van der Waals surface area contributed by atoms with Crippen LogP contribution in [0.4, 0.5) is 0 Å². The first kappa shape index (κ1) is 16.0. The van der Waals surface area contributed by atoms with E-state index in [4.69, 9.17) is 5.73 Å². The summed E-state index contributed by atoms with van der Waals surface area (Å²) >= 11 is 0. The third-order valence-corrected chi connectivity index (χ3v) is 4.90. The van der Waals surface area contributed by atoms with E-state index in [0.717, 1.165) is 36.3 Å². The molecule has 3 atom stereocenters. The Morgan fingerprint density at radius 1 is 1.48 bits per heavy atom. The van der Waals surface area contributed by atoms with Gasteiger partial charge in [-0.05, 0) is 39.5 Å². The predicted molar refractivity (Wildman–Crippen MR) is 84.1 cm³/mol. The summed E-state index contributed by atoms with van der Waals surface area (Å²) in [5.74, 6) is 0.692. The van der Waals surface area contributed by atoms with Crippen LogP contribution in [-0.4, -0.2) is 39.7 Å². The normalized spacial score (nSPS) is 24.2. The minimum absolute atomic E-state index is 0.152. The van der Waals surface area contributed by atoms with Crippen LogP contribution in [0, 0.1) is 19.8 Å². The Kier molecular flexibility index (Phi) is 4.71. The number of carbonyl (C=O) groups is 1. The number of hydrogen-bond donors (Lipinski definition) is 1. The van der Waals surface area contributed by atoms with Gasteiger partial charge in [0.15, 0.2) is 0 Å². The third kappa shape index (κ3) is 2.98. The van der Waals surface area contributed by atoms with E-state index in [2.05, 4.69) is 12.0 Å². The molecule has 0 bridgehead atoms. The number of rotatable bonds is 3.